The van der Waals surface area contributed by atoms with Crippen molar-refractivity contribution in [3.63, 3.8) is 0 Å². The fourth-order valence-corrected chi connectivity index (χ4v) is 2.56. The Labute approximate surface area is 125 Å². The second-order valence-electron chi connectivity index (χ2n) is 4.47. The van der Waals surface area contributed by atoms with Gasteiger partial charge in [-0.15, -0.1) is 0 Å². The molecule has 0 unspecified atom stereocenters. The minimum Gasteiger partial charge on any atom is -0.337 e. The van der Waals surface area contributed by atoms with Gasteiger partial charge in [-0.05, 0) is 24.6 Å². The molecular formula is C14H11Cl2N3O. The lowest BCUT2D eigenvalue weighted by Crippen LogP contribution is -2.24. The summed E-state index contributed by atoms with van der Waals surface area (Å²) < 4.78 is 0. The van der Waals surface area contributed by atoms with Crippen LogP contribution in [0.15, 0.2) is 30.5 Å². The van der Waals surface area contributed by atoms with E-state index in [1.165, 1.54) is 0 Å². The van der Waals surface area contributed by atoms with E-state index in [0.29, 0.717) is 22.3 Å². The van der Waals surface area contributed by atoms with Crippen molar-refractivity contribution in [2.75, 3.05) is 0 Å². The number of aromatic nitrogens is 2. The highest BCUT2D eigenvalue weighted by atomic mass is 35.5. The number of rotatable bonds is 2. The molecule has 1 aromatic heterocycles. The summed E-state index contributed by atoms with van der Waals surface area (Å²) >= 11 is 12.0. The fraction of sp³-hybridized carbons (Fsp3) is 0.143. The molecule has 0 saturated heterocycles. The Hall–Kier alpha value is -1.78. The summed E-state index contributed by atoms with van der Waals surface area (Å²) in [7, 11) is 0. The van der Waals surface area contributed by atoms with Gasteiger partial charge in [-0.3, -0.25) is 4.79 Å². The number of nitrogens with zero attached hydrogens (tertiary/aromatic N) is 1. The molecule has 0 saturated carbocycles. The summed E-state index contributed by atoms with van der Waals surface area (Å²) in [5.41, 5.74) is 2.29. The number of amides is 1. The number of carbonyl (C=O) groups is 1. The third-order valence-electron chi connectivity index (χ3n) is 3.05. The van der Waals surface area contributed by atoms with Gasteiger partial charge in [-0.2, -0.15) is 0 Å². The highest BCUT2D eigenvalue weighted by Crippen LogP contribution is 2.29. The van der Waals surface area contributed by atoms with Gasteiger partial charge >= 0.3 is 0 Å². The third kappa shape index (κ3) is 2.57. The Balaban J connectivity index is 1.94. The summed E-state index contributed by atoms with van der Waals surface area (Å²) in [6, 6.07) is 5.23. The van der Waals surface area contributed by atoms with Crippen molar-refractivity contribution in [2.24, 2.45) is 0 Å². The van der Waals surface area contributed by atoms with Gasteiger partial charge < -0.3 is 10.3 Å². The molecule has 0 radical (unpaired) electrons. The standard InChI is InChI=1S/C14H11Cl2N3O/c15-8-4-5-9(10(16)6-8)14-17-7-12(19-14)11-2-1-3-13(20)18-11/h2,4-7H,1,3H2,(H,17,19)(H,18,20). The molecule has 1 aromatic carbocycles. The van der Waals surface area contributed by atoms with Crippen LogP contribution in [0, 0.1) is 0 Å². The molecule has 2 heterocycles. The van der Waals surface area contributed by atoms with Crippen molar-refractivity contribution in [3.05, 3.63) is 46.2 Å². The van der Waals surface area contributed by atoms with Crippen molar-refractivity contribution in [3.8, 4) is 11.4 Å². The number of imidazole rings is 1. The first-order valence-electron chi connectivity index (χ1n) is 6.14. The molecular weight excluding hydrogens is 297 g/mol. The Kier molecular flexibility index (Phi) is 3.51. The van der Waals surface area contributed by atoms with Gasteiger partial charge in [0, 0.05) is 17.0 Å². The monoisotopic (exact) mass is 307 g/mol. The summed E-state index contributed by atoms with van der Waals surface area (Å²) in [4.78, 5) is 18.9. The largest absolute Gasteiger partial charge is 0.337 e. The van der Waals surface area contributed by atoms with Crippen LogP contribution in [-0.4, -0.2) is 15.9 Å². The Bertz CT molecular complexity index is 706. The summed E-state index contributed by atoms with van der Waals surface area (Å²) in [6.45, 7) is 0. The van der Waals surface area contributed by atoms with Crippen LogP contribution in [0.3, 0.4) is 0 Å². The number of benzene rings is 1. The van der Waals surface area contributed by atoms with E-state index in [1.54, 1.807) is 24.4 Å². The first-order chi connectivity index (χ1) is 9.63. The van der Waals surface area contributed by atoms with E-state index in [4.69, 9.17) is 23.2 Å². The molecule has 0 atom stereocenters. The van der Waals surface area contributed by atoms with Crippen LogP contribution in [0.5, 0.6) is 0 Å². The molecule has 0 aliphatic carbocycles. The molecule has 4 nitrogen and oxygen atoms in total. The minimum absolute atomic E-state index is 0.0168. The highest BCUT2D eigenvalue weighted by Gasteiger charge is 2.15. The number of hydrogen-bond donors (Lipinski definition) is 2. The molecule has 6 heteroatoms. The second kappa shape index (κ2) is 5.31. The third-order valence-corrected chi connectivity index (χ3v) is 3.59. The van der Waals surface area contributed by atoms with E-state index in [-0.39, 0.29) is 5.91 Å². The van der Waals surface area contributed by atoms with Gasteiger partial charge in [0.2, 0.25) is 5.91 Å². The van der Waals surface area contributed by atoms with Crippen LogP contribution in [0.2, 0.25) is 10.0 Å². The molecule has 0 spiro atoms. The quantitative estimate of drug-likeness (QED) is 0.890. The van der Waals surface area contributed by atoms with E-state index in [1.807, 2.05) is 6.08 Å². The number of nitrogens with one attached hydrogen (secondary N) is 2. The van der Waals surface area contributed by atoms with Gasteiger partial charge in [0.05, 0.1) is 22.6 Å². The minimum atomic E-state index is 0.0168. The first kappa shape index (κ1) is 13.2. The van der Waals surface area contributed by atoms with E-state index in [0.717, 1.165) is 23.4 Å². The second-order valence-corrected chi connectivity index (χ2v) is 5.32. The van der Waals surface area contributed by atoms with Crippen LogP contribution in [0.25, 0.3) is 17.1 Å². The first-order valence-corrected chi connectivity index (χ1v) is 6.90. The van der Waals surface area contributed by atoms with E-state index in [9.17, 15) is 4.79 Å². The molecule has 1 amide bonds. The normalized spacial score (nSPS) is 14.9. The molecule has 102 valence electrons. The SMILES string of the molecule is O=C1CCC=C(c2cnc(-c3ccc(Cl)cc3Cl)[nH]2)N1. The molecule has 0 bridgehead atoms. The van der Waals surface area contributed by atoms with Gasteiger partial charge in [-0.25, -0.2) is 4.98 Å². The number of H-pyrrole nitrogens is 1. The number of carbonyl (C=O) groups excluding carboxylic acids is 1. The van der Waals surface area contributed by atoms with Crippen molar-refractivity contribution in [1.82, 2.24) is 15.3 Å². The lowest BCUT2D eigenvalue weighted by molar-refractivity contribution is -0.120. The number of aromatic amines is 1. The van der Waals surface area contributed by atoms with Gasteiger partial charge in [-0.1, -0.05) is 29.3 Å². The van der Waals surface area contributed by atoms with Crippen LogP contribution >= 0.6 is 23.2 Å². The summed E-state index contributed by atoms with van der Waals surface area (Å²) in [5, 5.41) is 3.92. The van der Waals surface area contributed by atoms with Crippen LogP contribution in [-0.2, 0) is 4.79 Å². The Morgan fingerprint density at radius 3 is 2.85 bits per heavy atom. The molecule has 3 rings (SSSR count). The van der Waals surface area contributed by atoms with Gasteiger partial charge in [0.25, 0.3) is 0 Å². The maximum atomic E-state index is 11.4. The summed E-state index contributed by atoms with van der Waals surface area (Å²) in [5.74, 6) is 0.658. The number of hydrogen-bond acceptors (Lipinski definition) is 2. The average Bonchev–Trinajstić information content (AvgIpc) is 2.88. The molecule has 1 aliphatic heterocycles. The lowest BCUT2D eigenvalue weighted by Gasteiger charge is -2.12. The molecule has 2 aromatic rings. The maximum Gasteiger partial charge on any atom is 0.224 e. The topological polar surface area (TPSA) is 57.8 Å². The maximum absolute atomic E-state index is 11.4. The highest BCUT2D eigenvalue weighted by molar-refractivity contribution is 6.36. The van der Waals surface area contributed by atoms with Crippen molar-refractivity contribution >= 4 is 34.8 Å². The zero-order valence-corrected chi connectivity index (χ0v) is 11.9. The predicted octanol–water partition coefficient (Wildman–Crippen LogP) is 3.63. The van der Waals surface area contributed by atoms with Crippen LogP contribution in [0.4, 0.5) is 0 Å². The van der Waals surface area contributed by atoms with Gasteiger partial charge in [0.15, 0.2) is 0 Å². The predicted molar refractivity (Wildman–Crippen MR) is 79.4 cm³/mol. The van der Waals surface area contributed by atoms with Crippen molar-refractivity contribution < 1.29 is 4.79 Å². The van der Waals surface area contributed by atoms with E-state index in [2.05, 4.69) is 15.3 Å². The number of allylic oxidation sites excluding steroid dienone is 1. The van der Waals surface area contributed by atoms with Crippen LogP contribution in [0.1, 0.15) is 18.5 Å². The average molecular weight is 308 g/mol. The zero-order valence-electron chi connectivity index (χ0n) is 10.4. The van der Waals surface area contributed by atoms with E-state index >= 15 is 0 Å². The molecule has 20 heavy (non-hydrogen) atoms. The van der Waals surface area contributed by atoms with E-state index < -0.39 is 0 Å². The molecule has 1 aliphatic rings. The zero-order chi connectivity index (χ0) is 14.1. The molecule has 2 N–H and O–H groups in total. The Morgan fingerprint density at radius 2 is 2.10 bits per heavy atom. The lowest BCUT2D eigenvalue weighted by atomic mass is 10.1. The van der Waals surface area contributed by atoms with Crippen LogP contribution < -0.4 is 5.32 Å². The fourth-order valence-electron chi connectivity index (χ4n) is 2.07. The smallest absolute Gasteiger partial charge is 0.224 e. The van der Waals surface area contributed by atoms with Gasteiger partial charge in [0.1, 0.15) is 5.82 Å². The van der Waals surface area contributed by atoms with Crippen molar-refractivity contribution in [2.45, 2.75) is 12.8 Å². The van der Waals surface area contributed by atoms with Crippen molar-refractivity contribution in [1.29, 1.82) is 0 Å². The Morgan fingerprint density at radius 1 is 1.25 bits per heavy atom. The molecule has 0 fully saturated rings. The number of halogens is 2. The summed E-state index contributed by atoms with van der Waals surface area (Å²) in [6.07, 6.45) is 4.91.